The number of aliphatic carboxylic acids is 1. The normalized spacial score (nSPS) is 20.1. The van der Waals surface area contributed by atoms with Crippen LogP contribution >= 0.6 is 0 Å². The SMILES string of the molecule is CC(C(=O)O)N1CCN(C(=O)CC(N)CC(C)(C)C)CC1. The zero-order valence-electron chi connectivity index (χ0n) is 13.6. The lowest BCUT2D eigenvalue weighted by molar-refractivity contribution is -0.144. The molecule has 21 heavy (non-hydrogen) atoms. The van der Waals surface area contributed by atoms with E-state index >= 15 is 0 Å². The van der Waals surface area contributed by atoms with Gasteiger partial charge in [0.2, 0.25) is 5.91 Å². The standard InChI is InChI=1S/C15H29N3O3/c1-11(14(20)21)17-5-7-18(8-6-17)13(19)9-12(16)10-15(2,3)4/h11-12H,5-10,16H2,1-4H3,(H,20,21). The molecule has 0 aromatic carbocycles. The van der Waals surface area contributed by atoms with Crippen LogP contribution in [-0.4, -0.2) is 65.0 Å². The molecule has 1 heterocycles. The van der Waals surface area contributed by atoms with Gasteiger partial charge in [-0.25, -0.2) is 0 Å². The Morgan fingerprint density at radius 2 is 1.71 bits per heavy atom. The molecule has 6 heteroatoms. The monoisotopic (exact) mass is 299 g/mol. The van der Waals surface area contributed by atoms with Crippen LogP contribution in [0.3, 0.4) is 0 Å². The van der Waals surface area contributed by atoms with Crippen molar-refractivity contribution >= 4 is 11.9 Å². The Balaban J connectivity index is 2.40. The van der Waals surface area contributed by atoms with Gasteiger partial charge in [-0.05, 0) is 18.8 Å². The van der Waals surface area contributed by atoms with Crippen molar-refractivity contribution in [3.05, 3.63) is 0 Å². The first kappa shape index (κ1) is 17.9. The van der Waals surface area contributed by atoms with Gasteiger partial charge in [0, 0.05) is 38.6 Å². The van der Waals surface area contributed by atoms with E-state index in [4.69, 9.17) is 10.8 Å². The summed E-state index contributed by atoms with van der Waals surface area (Å²) < 4.78 is 0. The van der Waals surface area contributed by atoms with Gasteiger partial charge in [0.05, 0.1) is 0 Å². The van der Waals surface area contributed by atoms with Crippen molar-refractivity contribution in [2.75, 3.05) is 26.2 Å². The Hall–Kier alpha value is -1.14. The highest BCUT2D eigenvalue weighted by molar-refractivity contribution is 5.77. The third-order valence-electron chi connectivity index (χ3n) is 3.88. The maximum atomic E-state index is 12.2. The quantitative estimate of drug-likeness (QED) is 0.782. The van der Waals surface area contributed by atoms with Gasteiger partial charge in [-0.3, -0.25) is 14.5 Å². The van der Waals surface area contributed by atoms with E-state index < -0.39 is 12.0 Å². The number of rotatable bonds is 5. The zero-order chi connectivity index (χ0) is 16.2. The van der Waals surface area contributed by atoms with Crippen LogP contribution in [0.2, 0.25) is 0 Å². The van der Waals surface area contributed by atoms with Gasteiger partial charge in [0.1, 0.15) is 6.04 Å². The second-order valence-electron chi connectivity index (χ2n) is 7.16. The number of carbonyl (C=O) groups is 2. The molecule has 1 fully saturated rings. The van der Waals surface area contributed by atoms with E-state index in [1.165, 1.54) is 0 Å². The fourth-order valence-corrected chi connectivity index (χ4v) is 2.73. The molecule has 0 spiro atoms. The molecule has 6 nitrogen and oxygen atoms in total. The molecule has 1 amide bonds. The maximum Gasteiger partial charge on any atom is 0.320 e. The first-order valence-electron chi connectivity index (χ1n) is 7.60. The van der Waals surface area contributed by atoms with Crippen LogP contribution in [-0.2, 0) is 9.59 Å². The lowest BCUT2D eigenvalue weighted by Gasteiger charge is -2.37. The van der Waals surface area contributed by atoms with Gasteiger partial charge in [0.25, 0.3) is 0 Å². The van der Waals surface area contributed by atoms with E-state index in [-0.39, 0.29) is 17.4 Å². The molecular formula is C15H29N3O3. The topological polar surface area (TPSA) is 86.9 Å². The summed E-state index contributed by atoms with van der Waals surface area (Å²) in [5.41, 5.74) is 6.17. The molecule has 1 rings (SSSR count). The van der Waals surface area contributed by atoms with E-state index in [1.54, 1.807) is 11.8 Å². The molecule has 1 saturated heterocycles. The maximum absolute atomic E-state index is 12.2. The largest absolute Gasteiger partial charge is 0.480 e. The van der Waals surface area contributed by atoms with Crippen LogP contribution in [0.15, 0.2) is 0 Å². The number of amides is 1. The minimum absolute atomic E-state index is 0.0781. The summed E-state index contributed by atoms with van der Waals surface area (Å²) in [6, 6.07) is -0.612. The van der Waals surface area contributed by atoms with E-state index in [9.17, 15) is 9.59 Å². The molecule has 0 aromatic heterocycles. The van der Waals surface area contributed by atoms with Crippen LogP contribution in [0.25, 0.3) is 0 Å². The summed E-state index contributed by atoms with van der Waals surface area (Å²) in [6.07, 6.45) is 1.18. The molecule has 122 valence electrons. The number of hydrogen-bond donors (Lipinski definition) is 2. The van der Waals surface area contributed by atoms with Crippen molar-refractivity contribution < 1.29 is 14.7 Å². The number of carboxylic acids is 1. The van der Waals surface area contributed by atoms with Crippen molar-refractivity contribution in [1.82, 2.24) is 9.80 Å². The van der Waals surface area contributed by atoms with E-state index in [0.29, 0.717) is 32.6 Å². The van der Waals surface area contributed by atoms with Gasteiger partial charge in [-0.2, -0.15) is 0 Å². The van der Waals surface area contributed by atoms with Gasteiger partial charge in [0.15, 0.2) is 0 Å². The molecule has 3 N–H and O–H groups in total. The van der Waals surface area contributed by atoms with Gasteiger partial charge < -0.3 is 15.7 Å². The molecule has 1 aliphatic rings. The predicted octanol–water partition coefficient (Wildman–Crippen LogP) is 0.757. The smallest absolute Gasteiger partial charge is 0.320 e. The van der Waals surface area contributed by atoms with Crippen molar-refractivity contribution in [3.63, 3.8) is 0 Å². The first-order valence-corrected chi connectivity index (χ1v) is 7.60. The Bertz CT molecular complexity index is 371. The van der Waals surface area contributed by atoms with Gasteiger partial charge in [-0.1, -0.05) is 20.8 Å². The van der Waals surface area contributed by atoms with Crippen molar-refractivity contribution in [1.29, 1.82) is 0 Å². The number of hydrogen-bond acceptors (Lipinski definition) is 4. The summed E-state index contributed by atoms with van der Waals surface area (Å²) in [4.78, 5) is 26.9. The first-order chi connectivity index (χ1) is 9.60. The number of piperazine rings is 1. The Kier molecular flexibility index (Phi) is 6.16. The summed E-state index contributed by atoms with van der Waals surface area (Å²) in [7, 11) is 0. The number of carboxylic acid groups (broad SMARTS) is 1. The van der Waals surface area contributed by atoms with Crippen LogP contribution < -0.4 is 5.73 Å². The summed E-state index contributed by atoms with van der Waals surface area (Å²) in [5, 5.41) is 9.00. The van der Waals surface area contributed by atoms with Crippen LogP contribution in [0.1, 0.15) is 40.5 Å². The predicted molar refractivity (Wildman–Crippen MR) is 81.9 cm³/mol. The fourth-order valence-electron chi connectivity index (χ4n) is 2.73. The number of nitrogens with two attached hydrogens (primary N) is 1. The van der Waals surface area contributed by atoms with Crippen LogP contribution in [0.4, 0.5) is 0 Å². The second kappa shape index (κ2) is 7.22. The van der Waals surface area contributed by atoms with Crippen molar-refractivity contribution in [2.24, 2.45) is 11.1 Å². The fraction of sp³-hybridized carbons (Fsp3) is 0.867. The Morgan fingerprint density at radius 1 is 1.19 bits per heavy atom. The molecule has 1 aliphatic heterocycles. The molecule has 0 saturated carbocycles. The van der Waals surface area contributed by atoms with Gasteiger partial charge in [-0.15, -0.1) is 0 Å². The minimum Gasteiger partial charge on any atom is -0.480 e. The van der Waals surface area contributed by atoms with E-state index in [0.717, 1.165) is 6.42 Å². The van der Waals surface area contributed by atoms with E-state index in [1.807, 2.05) is 4.90 Å². The average Bonchev–Trinajstić information content (AvgIpc) is 2.35. The highest BCUT2D eigenvalue weighted by Crippen LogP contribution is 2.21. The van der Waals surface area contributed by atoms with Crippen molar-refractivity contribution in [3.8, 4) is 0 Å². The zero-order valence-corrected chi connectivity index (χ0v) is 13.6. The highest BCUT2D eigenvalue weighted by Gasteiger charge is 2.28. The third kappa shape index (κ3) is 6.01. The van der Waals surface area contributed by atoms with Gasteiger partial charge >= 0.3 is 5.97 Å². The Morgan fingerprint density at radius 3 is 2.14 bits per heavy atom. The summed E-state index contributed by atoms with van der Waals surface area (Å²) >= 11 is 0. The third-order valence-corrected chi connectivity index (χ3v) is 3.88. The second-order valence-corrected chi connectivity index (χ2v) is 7.16. The lowest BCUT2D eigenvalue weighted by atomic mass is 9.87. The van der Waals surface area contributed by atoms with Crippen LogP contribution in [0, 0.1) is 5.41 Å². The minimum atomic E-state index is -0.818. The van der Waals surface area contributed by atoms with E-state index in [2.05, 4.69) is 20.8 Å². The number of carbonyl (C=O) groups excluding carboxylic acids is 1. The molecular weight excluding hydrogens is 270 g/mol. The molecule has 0 aromatic rings. The van der Waals surface area contributed by atoms with Crippen LogP contribution in [0.5, 0.6) is 0 Å². The molecule has 0 radical (unpaired) electrons. The summed E-state index contributed by atoms with van der Waals surface area (Å²) in [6.45, 7) is 10.4. The summed E-state index contributed by atoms with van der Waals surface area (Å²) in [5.74, 6) is -0.739. The molecule has 0 bridgehead atoms. The van der Waals surface area contributed by atoms with Crippen molar-refractivity contribution in [2.45, 2.75) is 52.6 Å². The average molecular weight is 299 g/mol. The molecule has 2 atom stereocenters. The number of nitrogens with zero attached hydrogens (tertiary/aromatic N) is 2. The lowest BCUT2D eigenvalue weighted by Crippen LogP contribution is -2.53. The molecule has 0 aliphatic carbocycles. The Labute approximate surface area is 127 Å². The molecule has 2 unspecified atom stereocenters. The highest BCUT2D eigenvalue weighted by atomic mass is 16.4.